The van der Waals surface area contributed by atoms with Crippen molar-refractivity contribution in [3.8, 4) is 0 Å². The van der Waals surface area contributed by atoms with E-state index in [1.807, 2.05) is 0 Å². The zero-order chi connectivity index (χ0) is 15.2. The second-order valence-corrected chi connectivity index (χ2v) is 5.85. The van der Waals surface area contributed by atoms with E-state index in [0.29, 0.717) is 21.6 Å². The highest BCUT2D eigenvalue weighted by Crippen LogP contribution is 2.24. The van der Waals surface area contributed by atoms with Gasteiger partial charge in [-0.25, -0.2) is 0 Å². The van der Waals surface area contributed by atoms with E-state index in [4.69, 9.17) is 4.74 Å². The van der Waals surface area contributed by atoms with Gasteiger partial charge in [0.2, 0.25) is 11.0 Å². The van der Waals surface area contributed by atoms with E-state index in [-0.39, 0.29) is 10.9 Å². The largest absolute Gasteiger partial charge is 0.377 e. The molecular formula is C11H10N4O4S2. The van der Waals surface area contributed by atoms with Gasteiger partial charge in [-0.05, 0) is 12.1 Å². The summed E-state index contributed by atoms with van der Waals surface area (Å²) in [4.78, 5) is 22.4. The molecule has 0 radical (unpaired) electrons. The summed E-state index contributed by atoms with van der Waals surface area (Å²) in [6, 6.07) is 2.97. The maximum absolute atomic E-state index is 11.7. The third-order valence-electron chi connectivity index (χ3n) is 2.16. The number of carbonyl (C=O) groups is 1. The van der Waals surface area contributed by atoms with E-state index in [2.05, 4.69) is 15.5 Å². The van der Waals surface area contributed by atoms with Crippen molar-refractivity contribution in [2.45, 2.75) is 6.61 Å². The molecule has 0 aliphatic rings. The quantitative estimate of drug-likeness (QED) is 0.496. The lowest BCUT2D eigenvalue weighted by Crippen LogP contribution is -2.07. The van der Waals surface area contributed by atoms with Gasteiger partial charge in [-0.2, -0.15) is 0 Å². The summed E-state index contributed by atoms with van der Waals surface area (Å²) in [7, 11) is 1.54. The Morgan fingerprint density at radius 2 is 2.29 bits per heavy atom. The smallest absolute Gasteiger partial charge is 0.324 e. The first-order valence-corrected chi connectivity index (χ1v) is 7.26. The van der Waals surface area contributed by atoms with Crippen molar-refractivity contribution >= 4 is 44.8 Å². The minimum Gasteiger partial charge on any atom is -0.377 e. The van der Waals surface area contributed by atoms with Crippen LogP contribution in [0, 0.1) is 10.1 Å². The van der Waals surface area contributed by atoms with Gasteiger partial charge in [0.1, 0.15) is 11.6 Å². The molecular weight excluding hydrogens is 316 g/mol. The van der Waals surface area contributed by atoms with Crippen LogP contribution in [-0.4, -0.2) is 28.1 Å². The summed E-state index contributed by atoms with van der Waals surface area (Å²) in [5.74, 6) is -0.383. The van der Waals surface area contributed by atoms with Crippen LogP contribution in [0.15, 0.2) is 18.2 Å². The highest BCUT2D eigenvalue weighted by Gasteiger charge is 2.09. The monoisotopic (exact) mass is 326 g/mol. The summed E-state index contributed by atoms with van der Waals surface area (Å²) in [5.41, 5.74) is 0. The molecule has 0 fully saturated rings. The van der Waals surface area contributed by atoms with Crippen molar-refractivity contribution in [2.24, 2.45) is 0 Å². The summed E-state index contributed by atoms with van der Waals surface area (Å²) in [5, 5.41) is 21.8. The Kier molecular flexibility index (Phi) is 5.09. The molecule has 2 aromatic heterocycles. The SMILES string of the molecule is COCc1nnc(NC(=O)/C=C/c2ccc([N+](=O)[O-])s2)s1. The van der Waals surface area contributed by atoms with Crippen LogP contribution in [-0.2, 0) is 16.1 Å². The lowest BCUT2D eigenvalue weighted by Gasteiger charge is -1.93. The number of thiophene rings is 1. The number of methoxy groups -OCH3 is 1. The van der Waals surface area contributed by atoms with Crippen LogP contribution >= 0.6 is 22.7 Å². The zero-order valence-electron chi connectivity index (χ0n) is 10.8. The number of amides is 1. The Balaban J connectivity index is 1.93. The van der Waals surface area contributed by atoms with Crippen LogP contribution in [0.5, 0.6) is 0 Å². The van der Waals surface area contributed by atoms with Gasteiger partial charge in [-0.3, -0.25) is 20.2 Å². The molecule has 0 aromatic carbocycles. The number of carbonyl (C=O) groups excluding carboxylic acids is 1. The molecule has 0 bridgehead atoms. The van der Waals surface area contributed by atoms with Gasteiger partial charge in [0, 0.05) is 24.1 Å². The molecule has 0 spiro atoms. The van der Waals surface area contributed by atoms with Gasteiger partial charge >= 0.3 is 5.00 Å². The molecule has 0 saturated carbocycles. The summed E-state index contributed by atoms with van der Waals surface area (Å²) in [6.07, 6.45) is 2.79. The van der Waals surface area contributed by atoms with E-state index < -0.39 is 4.92 Å². The number of hydrogen-bond acceptors (Lipinski definition) is 8. The first-order valence-electron chi connectivity index (χ1n) is 5.63. The number of nitrogens with zero attached hydrogens (tertiary/aromatic N) is 3. The fraction of sp³-hybridized carbons (Fsp3) is 0.182. The molecule has 0 aliphatic heterocycles. The number of rotatable bonds is 6. The highest BCUT2D eigenvalue weighted by molar-refractivity contribution is 7.16. The molecule has 21 heavy (non-hydrogen) atoms. The topological polar surface area (TPSA) is 107 Å². The molecule has 1 N–H and O–H groups in total. The Morgan fingerprint density at radius 3 is 2.95 bits per heavy atom. The minimum atomic E-state index is -0.472. The van der Waals surface area contributed by atoms with E-state index >= 15 is 0 Å². The average Bonchev–Trinajstić information content (AvgIpc) is 3.06. The molecule has 0 atom stereocenters. The standard InChI is InChI=1S/C11H10N4O4S2/c1-19-6-9-13-14-11(21-9)12-8(16)4-2-7-3-5-10(20-7)15(17)18/h2-5H,6H2,1H3,(H,12,14,16)/b4-2+. The summed E-state index contributed by atoms with van der Waals surface area (Å²) in [6.45, 7) is 0.336. The Hall–Kier alpha value is -2.17. The number of ether oxygens (including phenoxy) is 1. The molecule has 2 rings (SSSR count). The highest BCUT2D eigenvalue weighted by atomic mass is 32.1. The molecule has 0 saturated heterocycles. The minimum absolute atomic E-state index is 0.0309. The lowest BCUT2D eigenvalue weighted by molar-refractivity contribution is -0.380. The molecule has 0 unspecified atom stereocenters. The second-order valence-electron chi connectivity index (χ2n) is 3.69. The van der Waals surface area contributed by atoms with Gasteiger partial charge in [-0.15, -0.1) is 10.2 Å². The summed E-state index contributed by atoms with van der Waals surface area (Å²) < 4.78 is 4.90. The number of nitrogens with one attached hydrogen (secondary N) is 1. The first kappa shape index (κ1) is 15.2. The van der Waals surface area contributed by atoms with E-state index in [1.54, 1.807) is 13.2 Å². The van der Waals surface area contributed by atoms with Crippen molar-refractivity contribution in [2.75, 3.05) is 12.4 Å². The molecule has 2 heterocycles. The molecule has 1 amide bonds. The molecule has 2 aromatic rings. The Bertz CT molecular complexity index is 679. The predicted molar refractivity (Wildman–Crippen MR) is 79.3 cm³/mol. The van der Waals surface area contributed by atoms with Crippen LogP contribution in [0.1, 0.15) is 9.88 Å². The van der Waals surface area contributed by atoms with E-state index in [9.17, 15) is 14.9 Å². The number of anilines is 1. The second kappa shape index (κ2) is 7.02. The number of hydrogen-bond donors (Lipinski definition) is 1. The van der Waals surface area contributed by atoms with Crippen LogP contribution in [0.25, 0.3) is 6.08 Å². The normalized spacial score (nSPS) is 10.9. The fourth-order valence-electron chi connectivity index (χ4n) is 1.32. The van der Waals surface area contributed by atoms with Crippen LogP contribution in [0.4, 0.5) is 10.1 Å². The van der Waals surface area contributed by atoms with Gasteiger partial charge in [0.25, 0.3) is 0 Å². The molecule has 0 aliphatic carbocycles. The van der Waals surface area contributed by atoms with Crippen LogP contribution in [0.2, 0.25) is 0 Å². The Labute approximate surface area is 127 Å². The van der Waals surface area contributed by atoms with Gasteiger partial charge in [-0.1, -0.05) is 22.7 Å². The average molecular weight is 326 g/mol. The zero-order valence-corrected chi connectivity index (χ0v) is 12.4. The number of aromatic nitrogens is 2. The van der Waals surface area contributed by atoms with Gasteiger partial charge in [0.05, 0.1) is 4.92 Å². The van der Waals surface area contributed by atoms with Crippen LogP contribution in [0.3, 0.4) is 0 Å². The maximum atomic E-state index is 11.7. The van der Waals surface area contributed by atoms with E-state index in [0.717, 1.165) is 11.3 Å². The number of nitro groups is 1. The third-order valence-corrected chi connectivity index (χ3v) is 3.97. The predicted octanol–water partition coefficient (Wildman–Crippen LogP) is 2.31. The van der Waals surface area contributed by atoms with Crippen molar-refractivity contribution in [3.63, 3.8) is 0 Å². The Morgan fingerprint density at radius 1 is 1.48 bits per heavy atom. The van der Waals surface area contributed by atoms with E-state index in [1.165, 1.54) is 29.6 Å². The fourth-order valence-corrected chi connectivity index (χ4v) is 2.76. The first-order chi connectivity index (χ1) is 10.1. The molecule has 8 nitrogen and oxygen atoms in total. The molecule has 110 valence electrons. The van der Waals surface area contributed by atoms with Crippen molar-refractivity contribution in [1.29, 1.82) is 0 Å². The van der Waals surface area contributed by atoms with Crippen molar-refractivity contribution in [1.82, 2.24) is 10.2 Å². The summed E-state index contributed by atoms with van der Waals surface area (Å²) >= 11 is 2.21. The third kappa shape index (κ3) is 4.41. The molecule has 10 heteroatoms. The van der Waals surface area contributed by atoms with Crippen molar-refractivity contribution < 1.29 is 14.5 Å². The van der Waals surface area contributed by atoms with Crippen LogP contribution < -0.4 is 5.32 Å². The van der Waals surface area contributed by atoms with Gasteiger partial charge < -0.3 is 4.74 Å². The van der Waals surface area contributed by atoms with Gasteiger partial charge in [0.15, 0.2) is 0 Å². The lowest BCUT2D eigenvalue weighted by atomic mass is 10.4. The van der Waals surface area contributed by atoms with Crippen molar-refractivity contribution in [3.05, 3.63) is 38.2 Å². The maximum Gasteiger partial charge on any atom is 0.324 e.